The van der Waals surface area contributed by atoms with Gasteiger partial charge in [0.05, 0.1) is 0 Å². The molecule has 17 heavy (non-hydrogen) atoms. The molecule has 0 bridgehead atoms. The minimum Gasteiger partial charge on any atom is -0.479 e. The van der Waals surface area contributed by atoms with Crippen molar-refractivity contribution >= 4 is 23.2 Å². The van der Waals surface area contributed by atoms with Crippen molar-refractivity contribution in [3.05, 3.63) is 34.5 Å². The SMILES string of the molecule is O=C(NC(C(=O)O)c1cccs1)C1CC=CC1. The number of aliphatic carboxylic acids is 1. The van der Waals surface area contributed by atoms with E-state index >= 15 is 0 Å². The van der Waals surface area contributed by atoms with E-state index in [1.807, 2.05) is 12.2 Å². The molecule has 2 N–H and O–H groups in total. The van der Waals surface area contributed by atoms with Gasteiger partial charge in [0.25, 0.3) is 0 Å². The van der Waals surface area contributed by atoms with Crippen molar-refractivity contribution < 1.29 is 14.7 Å². The molecule has 90 valence electrons. The van der Waals surface area contributed by atoms with Gasteiger partial charge in [-0.2, -0.15) is 0 Å². The van der Waals surface area contributed by atoms with Gasteiger partial charge in [0, 0.05) is 10.8 Å². The molecule has 0 fully saturated rings. The molecule has 1 aliphatic carbocycles. The molecule has 1 aromatic heterocycles. The molecule has 0 radical (unpaired) electrons. The van der Waals surface area contributed by atoms with Gasteiger partial charge < -0.3 is 10.4 Å². The Bertz CT molecular complexity index is 431. The predicted molar refractivity (Wildman–Crippen MR) is 64.7 cm³/mol. The highest BCUT2D eigenvalue weighted by Crippen LogP contribution is 2.22. The molecule has 0 aromatic carbocycles. The topological polar surface area (TPSA) is 66.4 Å². The van der Waals surface area contributed by atoms with Crippen LogP contribution in [0.3, 0.4) is 0 Å². The summed E-state index contributed by atoms with van der Waals surface area (Å²) in [6.45, 7) is 0. The Morgan fingerprint density at radius 3 is 2.65 bits per heavy atom. The first-order valence-corrected chi connectivity index (χ1v) is 6.28. The Kier molecular flexibility index (Phi) is 3.58. The Hall–Kier alpha value is -1.62. The van der Waals surface area contributed by atoms with Crippen LogP contribution >= 0.6 is 11.3 Å². The van der Waals surface area contributed by atoms with Crippen LogP contribution in [0.25, 0.3) is 0 Å². The highest BCUT2D eigenvalue weighted by molar-refractivity contribution is 7.10. The monoisotopic (exact) mass is 251 g/mol. The average molecular weight is 251 g/mol. The maximum Gasteiger partial charge on any atom is 0.331 e. The molecule has 1 aliphatic rings. The molecule has 5 heteroatoms. The number of allylic oxidation sites excluding steroid dienone is 2. The Morgan fingerprint density at radius 1 is 1.41 bits per heavy atom. The van der Waals surface area contributed by atoms with Crippen LogP contribution in [0.2, 0.25) is 0 Å². The summed E-state index contributed by atoms with van der Waals surface area (Å²) in [5.41, 5.74) is 0. The van der Waals surface area contributed by atoms with Crippen molar-refractivity contribution in [3.8, 4) is 0 Å². The molecule has 4 nitrogen and oxygen atoms in total. The van der Waals surface area contributed by atoms with Gasteiger partial charge in [0.1, 0.15) is 0 Å². The molecule has 0 aliphatic heterocycles. The van der Waals surface area contributed by atoms with Gasteiger partial charge in [-0.1, -0.05) is 18.2 Å². The second-order valence-electron chi connectivity index (χ2n) is 3.93. The fraction of sp³-hybridized carbons (Fsp3) is 0.333. The molecule has 1 atom stereocenters. The van der Waals surface area contributed by atoms with E-state index in [-0.39, 0.29) is 11.8 Å². The van der Waals surface area contributed by atoms with Crippen LogP contribution in [-0.4, -0.2) is 17.0 Å². The highest BCUT2D eigenvalue weighted by atomic mass is 32.1. The van der Waals surface area contributed by atoms with Crippen LogP contribution in [0.1, 0.15) is 23.8 Å². The van der Waals surface area contributed by atoms with E-state index in [0.29, 0.717) is 17.7 Å². The van der Waals surface area contributed by atoms with Crippen molar-refractivity contribution in [1.82, 2.24) is 5.32 Å². The number of carboxylic acid groups (broad SMARTS) is 1. The standard InChI is InChI=1S/C12H13NO3S/c14-11(8-4-1-2-5-8)13-10(12(15)16)9-6-3-7-17-9/h1-3,6-8,10H,4-5H2,(H,13,14)(H,15,16). The molecule has 1 aromatic rings. The lowest BCUT2D eigenvalue weighted by molar-refractivity contribution is -0.142. The van der Waals surface area contributed by atoms with E-state index in [1.54, 1.807) is 17.5 Å². The lowest BCUT2D eigenvalue weighted by Crippen LogP contribution is -2.36. The predicted octanol–water partition coefficient (Wildman–Crippen LogP) is 1.96. The second kappa shape index (κ2) is 5.14. The molecule has 2 rings (SSSR count). The second-order valence-corrected chi connectivity index (χ2v) is 4.91. The molecular formula is C12H13NO3S. The van der Waals surface area contributed by atoms with E-state index in [0.717, 1.165) is 0 Å². The molecule has 0 saturated heterocycles. The Labute approximate surface area is 103 Å². The van der Waals surface area contributed by atoms with Crippen LogP contribution in [0.4, 0.5) is 0 Å². The zero-order chi connectivity index (χ0) is 12.3. The van der Waals surface area contributed by atoms with Crippen molar-refractivity contribution in [1.29, 1.82) is 0 Å². The number of hydrogen-bond donors (Lipinski definition) is 2. The summed E-state index contributed by atoms with van der Waals surface area (Å²) in [6, 6.07) is 2.57. The van der Waals surface area contributed by atoms with E-state index < -0.39 is 12.0 Å². The van der Waals surface area contributed by atoms with Crippen molar-refractivity contribution in [3.63, 3.8) is 0 Å². The zero-order valence-corrected chi connectivity index (χ0v) is 9.94. The fourth-order valence-electron chi connectivity index (χ4n) is 1.80. The number of amides is 1. The Morgan fingerprint density at radius 2 is 2.12 bits per heavy atom. The van der Waals surface area contributed by atoms with E-state index in [1.165, 1.54) is 11.3 Å². The van der Waals surface area contributed by atoms with Crippen LogP contribution in [0, 0.1) is 5.92 Å². The summed E-state index contributed by atoms with van der Waals surface area (Å²) in [7, 11) is 0. The van der Waals surface area contributed by atoms with Crippen LogP contribution < -0.4 is 5.32 Å². The third kappa shape index (κ3) is 2.74. The summed E-state index contributed by atoms with van der Waals surface area (Å²) < 4.78 is 0. The summed E-state index contributed by atoms with van der Waals surface area (Å²) >= 11 is 1.33. The molecule has 1 heterocycles. The molecule has 1 amide bonds. The minimum atomic E-state index is -1.02. The summed E-state index contributed by atoms with van der Waals surface area (Å²) in [5.74, 6) is -1.32. The maximum atomic E-state index is 11.8. The van der Waals surface area contributed by atoms with Crippen LogP contribution in [-0.2, 0) is 9.59 Å². The molecule has 0 spiro atoms. The normalized spacial score (nSPS) is 16.9. The third-order valence-corrected chi connectivity index (χ3v) is 3.68. The lowest BCUT2D eigenvalue weighted by Gasteiger charge is -2.16. The maximum absolute atomic E-state index is 11.8. The smallest absolute Gasteiger partial charge is 0.331 e. The molecule has 0 saturated carbocycles. The molecular weight excluding hydrogens is 238 g/mol. The van der Waals surface area contributed by atoms with Gasteiger partial charge in [-0.15, -0.1) is 11.3 Å². The van der Waals surface area contributed by atoms with E-state index in [4.69, 9.17) is 5.11 Å². The number of thiophene rings is 1. The first-order chi connectivity index (χ1) is 8.18. The van der Waals surface area contributed by atoms with Gasteiger partial charge >= 0.3 is 5.97 Å². The quantitative estimate of drug-likeness (QED) is 0.804. The zero-order valence-electron chi connectivity index (χ0n) is 9.13. The number of carbonyl (C=O) groups is 2. The van der Waals surface area contributed by atoms with E-state index in [2.05, 4.69) is 5.32 Å². The van der Waals surface area contributed by atoms with Crippen LogP contribution in [0.5, 0.6) is 0 Å². The number of hydrogen-bond acceptors (Lipinski definition) is 3. The lowest BCUT2D eigenvalue weighted by atomic mass is 10.1. The number of nitrogens with one attached hydrogen (secondary N) is 1. The van der Waals surface area contributed by atoms with Gasteiger partial charge in [0.15, 0.2) is 6.04 Å². The fourth-order valence-corrected chi connectivity index (χ4v) is 2.57. The summed E-state index contributed by atoms with van der Waals surface area (Å²) in [6.07, 6.45) is 5.29. The van der Waals surface area contributed by atoms with Crippen molar-refractivity contribution in [2.24, 2.45) is 5.92 Å². The summed E-state index contributed by atoms with van der Waals surface area (Å²) in [4.78, 5) is 23.6. The number of carbonyl (C=O) groups excluding carboxylic acids is 1. The number of rotatable bonds is 4. The summed E-state index contributed by atoms with van der Waals surface area (Å²) in [5, 5.41) is 13.5. The number of carboxylic acids is 1. The van der Waals surface area contributed by atoms with Gasteiger partial charge in [0.2, 0.25) is 5.91 Å². The Balaban J connectivity index is 2.03. The van der Waals surface area contributed by atoms with Crippen molar-refractivity contribution in [2.45, 2.75) is 18.9 Å². The minimum absolute atomic E-state index is 0.114. The largest absolute Gasteiger partial charge is 0.479 e. The highest BCUT2D eigenvalue weighted by Gasteiger charge is 2.27. The van der Waals surface area contributed by atoms with E-state index in [9.17, 15) is 9.59 Å². The molecule has 1 unspecified atom stereocenters. The van der Waals surface area contributed by atoms with Crippen molar-refractivity contribution in [2.75, 3.05) is 0 Å². The first kappa shape index (κ1) is 11.9. The third-order valence-electron chi connectivity index (χ3n) is 2.74. The van der Waals surface area contributed by atoms with Gasteiger partial charge in [-0.3, -0.25) is 4.79 Å². The average Bonchev–Trinajstić information content (AvgIpc) is 2.97. The van der Waals surface area contributed by atoms with Crippen LogP contribution in [0.15, 0.2) is 29.7 Å². The van der Waals surface area contributed by atoms with Gasteiger partial charge in [-0.25, -0.2) is 4.79 Å². The first-order valence-electron chi connectivity index (χ1n) is 5.40. The van der Waals surface area contributed by atoms with Gasteiger partial charge in [-0.05, 0) is 24.3 Å².